The van der Waals surface area contributed by atoms with Gasteiger partial charge in [-0.25, -0.2) is 4.98 Å². The lowest BCUT2D eigenvalue weighted by molar-refractivity contribution is -0.157. The van der Waals surface area contributed by atoms with Crippen molar-refractivity contribution >= 4 is 11.8 Å². The van der Waals surface area contributed by atoms with Crippen LogP contribution in [-0.2, 0) is 12.7 Å². The summed E-state index contributed by atoms with van der Waals surface area (Å²) in [7, 11) is 0. The third-order valence-corrected chi connectivity index (χ3v) is 3.72. The Bertz CT molecular complexity index is 698. The molecule has 0 saturated carbocycles. The Morgan fingerprint density at radius 1 is 1.20 bits per heavy atom. The van der Waals surface area contributed by atoms with Gasteiger partial charge in [-0.2, -0.15) is 18.2 Å². The summed E-state index contributed by atoms with van der Waals surface area (Å²) >= 11 is 0. The minimum absolute atomic E-state index is 0.0360. The molecule has 3 heterocycles. The van der Waals surface area contributed by atoms with E-state index in [1.807, 2.05) is 16.7 Å². The summed E-state index contributed by atoms with van der Waals surface area (Å²) in [6.07, 6.45) is -2.91. The zero-order valence-electron chi connectivity index (χ0n) is 13.6. The van der Waals surface area contributed by atoms with E-state index in [4.69, 9.17) is 0 Å². The second-order valence-corrected chi connectivity index (χ2v) is 5.53. The number of nitrogens with zero attached hydrogens (tertiary/aromatic N) is 6. The number of alkyl halides is 3. The molecule has 0 unspecified atom stereocenters. The molecule has 2 aromatic rings. The molecule has 136 valence electrons. The van der Waals surface area contributed by atoms with Crippen LogP contribution in [0.3, 0.4) is 0 Å². The van der Waals surface area contributed by atoms with E-state index < -0.39 is 12.1 Å². The van der Waals surface area contributed by atoms with Crippen molar-refractivity contribution < 1.29 is 17.6 Å². The normalized spacial score (nSPS) is 16.2. The molecule has 1 fully saturated rings. The number of aromatic nitrogens is 4. The van der Waals surface area contributed by atoms with Gasteiger partial charge in [0.05, 0.1) is 6.54 Å². The van der Waals surface area contributed by atoms with Crippen molar-refractivity contribution in [1.82, 2.24) is 25.1 Å². The molecule has 8 nitrogen and oxygen atoms in total. The van der Waals surface area contributed by atoms with Crippen LogP contribution in [0.15, 0.2) is 16.7 Å². The molecule has 25 heavy (non-hydrogen) atoms. The first-order valence-corrected chi connectivity index (χ1v) is 7.89. The molecule has 3 rings (SSSR count). The van der Waals surface area contributed by atoms with Crippen molar-refractivity contribution in [3.05, 3.63) is 24.0 Å². The van der Waals surface area contributed by atoms with Gasteiger partial charge in [0.25, 0.3) is 0 Å². The fourth-order valence-corrected chi connectivity index (χ4v) is 2.51. The number of anilines is 2. The molecule has 0 spiro atoms. The highest BCUT2D eigenvalue weighted by Crippen LogP contribution is 2.28. The van der Waals surface area contributed by atoms with Crippen LogP contribution in [0.4, 0.5) is 24.9 Å². The number of piperazine rings is 1. The van der Waals surface area contributed by atoms with E-state index in [1.54, 1.807) is 12.3 Å². The number of halogens is 3. The van der Waals surface area contributed by atoms with Crippen molar-refractivity contribution in [3.8, 4) is 0 Å². The van der Waals surface area contributed by atoms with Gasteiger partial charge in [-0.15, -0.1) is 10.2 Å². The van der Waals surface area contributed by atoms with Crippen molar-refractivity contribution in [2.75, 3.05) is 42.9 Å². The lowest BCUT2D eigenvalue weighted by Crippen LogP contribution is -2.46. The minimum Gasteiger partial charge on any atom is -0.416 e. The van der Waals surface area contributed by atoms with Crippen LogP contribution in [0.1, 0.15) is 18.7 Å². The van der Waals surface area contributed by atoms with E-state index in [2.05, 4.69) is 29.9 Å². The molecule has 1 saturated heterocycles. The summed E-state index contributed by atoms with van der Waals surface area (Å²) in [5.74, 6) is 0.0525. The van der Waals surface area contributed by atoms with Crippen molar-refractivity contribution in [2.45, 2.75) is 19.6 Å². The third kappa shape index (κ3) is 4.35. The molecular weight excluding hydrogens is 339 g/mol. The highest BCUT2D eigenvalue weighted by molar-refractivity contribution is 5.41. The zero-order valence-corrected chi connectivity index (χ0v) is 13.6. The summed E-state index contributed by atoms with van der Waals surface area (Å²) in [6, 6.07) is 1.80. The predicted octanol–water partition coefficient (Wildman–Crippen LogP) is 1.63. The standard InChI is InChI=1S/C14H18F3N7O/c1-2-18-10-3-4-19-13(20-10)24-7-5-23(6-8-24)9-11-21-22-12(25-11)14(15,16)17/h3-4H,2,5-9H2,1H3,(H,18,19,20). The van der Waals surface area contributed by atoms with Crippen molar-refractivity contribution in [1.29, 1.82) is 0 Å². The third-order valence-electron chi connectivity index (χ3n) is 3.72. The van der Waals surface area contributed by atoms with Crippen LogP contribution < -0.4 is 10.2 Å². The highest BCUT2D eigenvalue weighted by Gasteiger charge is 2.38. The summed E-state index contributed by atoms with van der Waals surface area (Å²) in [5.41, 5.74) is 0. The lowest BCUT2D eigenvalue weighted by atomic mass is 10.3. The van der Waals surface area contributed by atoms with Gasteiger partial charge in [0.15, 0.2) is 0 Å². The first kappa shape index (κ1) is 17.4. The maximum absolute atomic E-state index is 12.5. The van der Waals surface area contributed by atoms with E-state index >= 15 is 0 Å². The molecular formula is C14H18F3N7O. The highest BCUT2D eigenvalue weighted by atomic mass is 19.4. The number of rotatable bonds is 5. The summed E-state index contributed by atoms with van der Waals surface area (Å²) in [4.78, 5) is 12.7. The molecule has 1 N–H and O–H groups in total. The first-order valence-electron chi connectivity index (χ1n) is 7.89. The van der Waals surface area contributed by atoms with Gasteiger partial charge in [-0.1, -0.05) is 0 Å². The summed E-state index contributed by atoms with van der Waals surface area (Å²) in [5, 5.41) is 9.63. The van der Waals surface area contributed by atoms with Gasteiger partial charge in [0, 0.05) is 38.9 Å². The van der Waals surface area contributed by atoms with Gasteiger partial charge >= 0.3 is 12.1 Å². The van der Waals surface area contributed by atoms with Crippen LogP contribution in [0.2, 0.25) is 0 Å². The molecule has 0 atom stereocenters. The van der Waals surface area contributed by atoms with Crippen LogP contribution in [0, 0.1) is 0 Å². The Kier molecular flexibility index (Phi) is 5.02. The van der Waals surface area contributed by atoms with E-state index in [1.165, 1.54) is 0 Å². The Morgan fingerprint density at radius 3 is 2.60 bits per heavy atom. The Balaban J connectivity index is 1.55. The molecule has 0 radical (unpaired) electrons. The Hall–Kier alpha value is -2.43. The number of hydrogen-bond acceptors (Lipinski definition) is 8. The minimum atomic E-state index is -4.61. The molecule has 2 aromatic heterocycles. The van der Waals surface area contributed by atoms with Gasteiger partial charge in [0.1, 0.15) is 5.82 Å². The van der Waals surface area contributed by atoms with Gasteiger partial charge < -0.3 is 14.6 Å². The van der Waals surface area contributed by atoms with Gasteiger partial charge in [-0.3, -0.25) is 4.90 Å². The largest absolute Gasteiger partial charge is 0.470 e. The first-order chi connectivity index (χ1) is 12.0. The maximum atomic E-state index is 12.5. The monoisotopic (exact) mass is 357 g/mol. The van der Waals surface area contributed by atoms with E-state index in [0.29, 0.717) is 32.1 Å². The predicted molar refractivity (Wildman–Crippen MR) is 83.0 cm³/mol. The molecule has 1 aliphatic rings. The van der Waals surface area contributed by atoms with E-state index in [-0.39, 0.29) is 12.4 Å². The summed E-state index contributed by atoms with van der Waals surface area (Å²) in [6.45, 7) is 5.55. The fourth-order valence-electron chi connectivity index (χ4n) is 2.51. The van der Waals surface area contributed by atoms with E-state index in [0.717, 1.165) is 12.4 Å². The molecule has 1 aliphatic heterocycles. The van der Waals surface area contributed by atoms with Crippen molar-refractivity contribution in [2.24, 2.45) is 0 Å². The quantitative estimate of drug-likeness (QED) is 0.865. The average Bonchev–Trinajstić information content (AvgIpc) is 3.05. The van der Waals surface area contributed by atoms with Crippen LogP contribution >= 0.6 is 0 Å². The maximum Gasteiger partial charge on any atom is 0.470 e. The van der Waals surface area contributed by atoms with Crippen LogP contribution in [0.5, 0.6) is 0 Å². The molecule has 0 bridgehead atoms. The van der Waals surface area contributed by atoms with Crippen molar-refractivity contribution in [3.63, 3.8) is 0 Å². The SMILES string of the molecule is CCNc1ccnc(N2CCN(Cc3nnc(C(F)(F)F)o3)CC2)n1. The second-order valence-electron chi connectivity index (χ2n) is 5.53. The van der Waals surface area contributed by atoms with E-state index in [9.17, 15) is 13.2 Å². The zero-order chi connectivity index (χ0) is 17.9. The topological polar surface area (TPSA) is 83.2 Å². The molecule has 0 aliphatic carbocycles. The molecule has 0 aromatic carbocycles. The fraction of sp³-hybridized carbons (Fsp3) is 0.571. The smallest absolute Gasteiger partial charge is 0.416 e. The summed E-state index contributed by atoms with van der Waals surface area (Å²) < 4.78 is 42.1. The lowest BCUT2D eigenvalue weighted by Gasteiger charge is -2.33. The number of nitrogens with one attached hydrogen (secondary N) is 1. The second kappa shape index (κ2) is 7.21. The number of hydrogen-bond donors (Lipinski definition) is 1. The molecule has 0 amide bonds. The molecule has 11 heteroatoms. The Labute approximate surface area is 142 Å². The Morgan fingerprint density at radius 2 is 1.96 bits per heavy atom. The van der Waals surface area contributed by atoms with Crippen LogP contribution in [-0.4, -0.2) is 57.8 Å². The van der Waals surface area contributed by atoms with Gasteiger partial charge in [0.2, 0.25) is 11.8 Å². The average molecular weight is 357 g/mol. The van der Waals surface area contributed by atoms with Crippen LogP contribution in [0.25, 0.3) is 0 Å². The van der Waals surface area contributed by atoms with Gasteiger partial charge in [-0.05, 0) is 13.0 Å².